The molecule has 0 spiro atoms. The van der Waals surface area contributed by atoms with E-state index in [2.05, 4.69) is 214 Å². The van der Waals surface area contributed by atoms with Gasteiger partial charge in [0.25, 0.3) is 0 Å². The molecule has 0 aromatic heterocycles. The molecule has 6 aromatic carbocycles. The van der Waals surface area contributed by atoms with Gasteiger partial charge in [-0.3, -0.25) is 0 Å². The van der Waals surface area contributed by atoms with Crippen molar-refractivity contribution in [3.8, 4) is 5.75 Å². The third-order valence-electron chi connectivity index (χ3n) is 13.6. The summed E-state index contributed by atoms with van der Waals surface area (Å²) in [4.78, 5) is 0. The zero-order chi connectivity index (χ0) is 45.8. The predicted molar refractivity (Wildman–Crippen MR) is 277 cm³/mol. The van der Waals surface area contributed by atoms with Gasteiger partial charge in [-0.2, -0.15) is 4.58 Å². The van der Waals surface area contributed by atoms with Crippen LogP contribution in [0.4, 0.5) is 5.69 Å². The maximum atomic E-state index is 7.38. The van der Waals surface area contributed by atoms with Crippen LogP contribution in [0.2, 0.25) is 0 Å². The number of aryl methyl sites for hydroxylation is 2. The van der Waals surface area contributed by atoms with Crippen molar-refractivity contribution in [2.24, 2.45) is 5.92 Å². The molecule has 0 amide bonds. The van der Waals surface area contributed by atoms with Gasteiger partial charge >= 0.3 is 0 Å². The standard InChI is InChI=1S/C48H51ClNO.C13H20/c1-31(2)51-39-24-18-34(19-25-39)27-28-50-42-26-23-36-14-10-12-16-41(36)45(42)48(7,8)43(50)30-38-22-21-37(46(38)49)29-33(4)47(5,6)44-32(3)17-20-35-13-9-11-15-40(35)44;1-4-5-12-6-8-13(9-7-12)10-11(2)3/h9-20,23-26,29-31H,21-22,27-28H2,1-8H3;6-9,11H,4-5,10H2,1-3H3/q+1;/b33-29?,38-30+;. The van der Waals surface area contributed by atoms with Crippen LogP contribution in [0, 0.1) is 12.8 Å². The molecule has 1 aliphatic heterocycles. The smallest absolute Gasteiger partial charge is 0.210 e. The Morgan fingerprint density at radius 3 is 2.00 bits per heavy atom. The van der Waals surface area contributed by atoms with E-state index in [9.17, 15) is 0 Å². The average Bonchev–Trinajstić information content (AvgIpc) is 3.71. The van der Waals surface area contributed by atoms with E-state index in [1.54, 1.807) is 0 Å². The molecule has 6 aromatic rings. The molecule has 1 aliphatic carbocycles. The quantitative estimate of drug-likeness (QED) is 0.105. The van der Waals surface area contributed by atoms with Crippen molar-refractivity contribution >= 4 is 44.5 Å². The maximum Gasteiger partial charge on any atom is 0.210 e. The van der Waals surface area contributed by atoms with E-state index in [0.29, 0.717) is 0 Å². The van der Waals surface area contributed by atoms with Crippen molar-refractivity contribution in [3.63, 3.8) is 0 Å². The van der Waals surface area contributed by atoms with E-state index in [1.807, 2.05) is 0 Å². The second-order valence-corrected chi connectivity index (χ2v) is 20.4. The Bertz CT molecular complexity index is 2740. The first kappa shape index (κ1) is 46.8. The Hall–Kier alpha value is -5.18. The molecule has 332 valence electrons. The Morgan fingerprint density at radius 2 is 1.34 bits per heavy atom. The highest BCUT2D eigenvalue weighted by Gasteiger charge is 2.46. The lowest BCUT2D eigenvalue weighted by Crippen LogP contribution is -2.29. The molecule has 0 saturated heterocycles. The molecule has 0 unspecified atom stereocenters. The number of rotatable bonds is 13. The monoisotopic (exact) mass is 869 g/mol. The summed E-state index contributed by atoms with van der Waals surface area (Å²) in [6.07, 6.45) is 11.4. The van der Waals surface area contributed by atoms with Crippen molar-refractivity contribution in [1.82, 2.24) is 0 Å². The summed E-state index contributed by atoms with van der Waals surface area (Å²) in [6.45, 7) is 25.8. The number of hydrogen-bond donors (Lipinski definition) is 0. The van der Waals surface area contributed by atoms with E-state index in [-0.39, 0.29) is 16.9 Å². The largest absolute Gasteiger partial charge is 0.491 e. The van der Waals surface area contributed by atoms with Gasteiger partial charge in [0.1, 0.15) is 5.75 Å². The van der Waals surface area contributed by atoms with E-state index < -0.39 is 0 Å². The van der Waals surface area contributed by atoms with Gasteiger partial charge in [-0.05, 0) is 152 Å². The lowest BCUT2D eigenvalue weighted by atomic mass is 9.74. The minimum Gasteiger partial charge on any atom is -0.491 e. The van der Waals surface area contributed by atoms with E-state index in [4.69, 9.17) is 16.3 Å². The van der Waals surface area contributed by atoms with Crippen LogP contribution >= 0.6 is 11.6 Å². The SMILES string of the molecule is CC(=CC1=C(Cl)/C(=C/C2=[N+](CCc3ccc(OC(C)C)cc3)c3ccc4ccccc4c3C2(C)C)CC1)C(C)(C)c1c(C)ccc2ccccc12.CCCc1ccc(CC(C)C)cc1. The van der Waals surface area contributed by atoms with Gasteiger partial charge in [0.2, 0.25) is 5.69 Å². The third kappa shape index (κ3) is 10.2. The van der Waals surface area contributed by atoms with E-state index in [1.165, 1.54) is 102 Å². The second-order valence-electron chi connectivity index (χ2n) is 20.0. The molecule has 0 radical (unpaired) electrons. The Kier molecular flexibility index (Phi) is 14.6. The molecular weight excluding hydrogens is 798 g/mol. The molecule has 0 atom stereocenters. The maximum absolute atomic E-state index is 7.38. The lowest BCUT2D eigenvalue weighted by Gasteiger charge is -2.30. The number of hydrogen-bond acceptors (Lipinski definition) is 1. The Balaban J connectivity index is 0.000000406. The van der Waals surface area contributed by atoms with Gasteiger partial charge in [0, 0.05) is 34.6 Å². The summed E-state index contributed by atoms with van der Waals surface area (Å²) in [6, 6.07) is 44.3. The van der Waals surface area contributed by atoms with Gasteiger partial charge in [-0.1, -0.05) is 161 Å². The topological polar surface area (TPSA) is 12.2 Å². The Labute approximate surface area is 390 Å². The second kappa shape index (κ2) is 19.9. The van der Waals surface area contributed by atoms with Gasteiger partial charge in [-0.15, -0.1) is 0 Å². The molecule has 8 rings (SSSR count). The van der Waals surface area contributed by atoms with Crippen molar-refractivity contribution in [2.75, 3.05) is 6.54 Å². The summed E-state index contributed by atoms with van der Waals surface area (Å²) in [5.74, 6) is 1.68. The fourth-order valence-corrected chi connectivity index (χ4v) is 10.4. The molecule has 2 aliphatic rings. The zero-order valence-electron chi connectivity index (χ0n) is 40.5. The lowest BCUT2D eigenvalue weighted by molar-refractivity contribution is -0.436. The van der Waals surface area contributed by atoms with Gasteiger partial charge in [-0.25, -0.2) is 0 Å². The highest BCUT2D eigenvalue weighted by molar-refractivity contribution is 6.33. The molecular formula is C61H71ClNO+. The predicted octanol–water partition coefficient (Wildman–Crippen LogP) is 16.7. The summed E-state index contributed by atoms with van der Waals surface area (Å²) in [5, 5.41) is 6.13. The molecule has 0 fully saturated rings. The Morgan fingerprint density at radius 1 is 0.750 bits per heavy atom. The van der Waals surface area contributed by atoms with Crippen LogP contribution in [0.1, 0.15) is 122 Å². The van der Waals surface area contributed by atoms with Crippen molar-refractivity contribution < 1.29 is 9.31 Å². The van der Waals surface area contributed by atoms with Gasteiger partial charge in [0.05, 0.1) is 11.5 Å². The van der Waals surface area contributed by atoms with Crippen molar-refractivity contribution in [2.45, 2.75) is 132 Å². The summed E-state index contributed by atoms with van der Waals surface area (Å²) in [5.41, 5.74) is 14.4. The molecule has 0 bridgehead atoms. The third-order valence-corrected chi connectivity index (χ3v) is 14.0. The number of nitrogens with zero attached hydrogens (tertiary/aromatic N) is 1. The van der Waals surface area contributed by atoms with Crippen molar-refractivity contribution in [3.05, 3.63) is 189 Å². The number of fused-ring (bicyclic) bond motifs is 4. The fourth-order valence-electron chi connectivity index (χ4n) is 10.1. The first-order valence-electron chi connectivity index (χ1n) is 23.9. The summed E-state index contributed by atoms with van der Waals surface area (Å²) in [7, 11) is 0. The number of ether oxygens (including phenoxy) is 1. The fraction of sp³-hybridized carbons (Fsp3) is 0.361. The molecule has 0 N–H and O–H groups in total. The molecule has 2 nitrogen and oxygen atoms in total. The van der Waals surface area contributed by atoms with Crippen LogP contribution in [0.15, 0.2) is 155 Å². The van der Waals surface area contributed by atoms with Crippen LogP contribution < -0.4 is 4.74 Å². The normalized spacial score (nSPS) is 15.8. The molecule has 64 heavy (non-hydrogen) atoms. The van der Waals surface area contributed by atoms with Crippen molar-refractivity contribution in [1.29, 1.82) is 0 Å². The number of benzene rings is 6. The highest BCUT2D eigenvalue weighted by Crippen LogP contribution is 2.47. The first-order chi connectivity index (χ1) is 30.6. The van der Waals surface area contributed by atoms with Crippen LogP contribution in [0.3, 0.4) is 0 Å². The first-order valence-corrected chi connectivity index (χ1v) is 24.2. The van der Waals surface area contributed by atoms with Crippen LogP contribution in [0.25, 0.3) is 21.5 Å². The highest BCUT2D eigenvalue weighted by atomic mass is 35.5. The molecule has 3 heteroatoms. The van der Waals surface area contributed by atoms with Gasteiger partial charge in [0.15, 0.2) is 12.3 Å². The van der Waals surface area contributed by atoms with Crippen LogP contribution in [-0.4, -0.2) is 22.9 Å². The molecule has 0 saturated carbocycles. The summed E-state index contributed by atoms with van der Waals surface area (Å²) >= 11 is 7.38. The summed E-state index contributed by atoms with van der Waals surface area (Å²) < 4.78 is 8.47. The molecule has 1 heterocycles. The number of halogens is 1. The number of allylic oxidation sites excluding steroid dienone is 6. The van der Waals surface area contributed by atoms with Gasteiger partial charge < -0.3 is 4.74 Å². The van der Waals surface area contributed by atoms with Crippen LogP contribution in [0.5, 0.6) is 5.75 Å². The minimum atomic E-state index is -0.197. The van der Waals surface area contributed by atoms with E-state index in [0.717, 1.165) is 42.5 Å². The zero-order valence-corrected chi connectivity index (χ0v) is 41.3. The van der Waals surface area contributed by atoms with Crippen LogP contribution in [-0.2, 0) is 30.1 Å². The van der Waals surface area contributed by atoms with E-state index >= 15 is 0 Å². The average molecular weight is 870 g/mol. The minimum absolute atomic E-state index is 0.150.